The van der Waals surface area contributed by atoms with Crippen molar-refractivity contribution in [1.82, 2.24) is 5.01 Å². The first-order chi connectivity index (χ1) is 16.4. The number of aliphatic carboxylic acids is 1. The predicted octanol–water partition coefficient (Wildman–Crippen LogP) is 4.18. The maximum atomic E-state index is 12.6. The number of nitrogens with zero attached hydrogens (tertiary/aromatic N) is 3. The first-order valence-electron chi connectivity index (χ1n) is 11.1. The van der Waals surface area contributed by atoms with Crippen LogP contribution in [0.4, 0.5) is 5.69 Å². The fourth-order valence-corrected chi connectivity index (χ4v) is 3.99. The maximum Gasteiger partial charge on any atom is 0.303 e. The van der Waals surface area contributed by atoms with E-state index in [-0.39, 0.29) is 24.4 Å². The lowest BCUT2D eigenvalue weighted by molar-refractivity contribution is -0.137. The highest BCUT2D eigenvalue weighted by Crippen LogP contribution is 2.29. The third kappa shape index (κ3) is 5.06. The summed E-state index contributed by atoms with van der Waals surface area (Å²) < 4.78 is 0. The highest BCUT2D eigenvalue weighted by atomic mass is 16.4. The number of aromatic hydroxyl groups is 1. The molecule has 1 aliphatic rings. The van der Waals surface area contributed by atoms with Crippen molar-refractivity contribution in [1.29, 1.82) is 0 Å². The van der Waals surface area contributed by atoms with Crippen LogP contribution in [-0.2, 0) is 22.4 Å². The average Bonchev–Trinajstić information content (AvgIpc) is 3.09. The minimum Gasteiger partial charge on any atom is -0.505 e. The van der Waals surface area contributed by atoms with Gasteiger partial charge in [0.05, 0.1) is 11.4 Å². The summed E-state index contributed by atoms with van der Waals surface area (Å²) >= 11 is 0. The third-order valence-electron chi connectivity index (χ3n) is 5.76. The number of carboxylic acid groups (broad SMARTS) is 1. The molecule has 0 aliphatic carbocycles. The van der Waals surface area contributed by atoms with E-state index in [2.05, 4.69) is 39.9 Å². The molecule has 174 valence electrons. The molecule has 0 aromatic heterocycles. The Labute approximate surface area is 197 Å². The second-order valence-electron chi connectivity index (χ2n) is 8.13. The van der Waals surface area contributed by atoms with Crippen LogP contribution in [0, 0.1) is 0 Å². The zero-order valence-electron chi connectivity index (χ0n) is 18.9. The van der Waals surface area contributed by atoms with Crippen LogP contribution in [0.2, 0.25) is 0 Å². The molecule has 1 amide bonds. The lowest BCUT2D eigenvalue weighted by atomic mass is 9.98. The van der Waals surface area contributed by atoms with E-state index in [1.807, 2.05) is 30.3 Å². The Morgan fingerprint density at radius 1 is 1.03 bits per heavy atom. The van der Waals surface area contributed by atoms with Crippen LogP contribution in [0.25, 0.3) is 10.8 Å². The molecule has 3 aromatic carbocycles. The van der Waals surface area contributed by atoms with E-state index >= 15 is 0 Å². The highest BCUT2D eigenvalue weighted by Gasteiger charge is 2.29. The van der Waals surface area contributed by atoms with E-state index in [9.17, 15) is 14.7 Å². The Balaban J connectivity index is 1.44. The SMILES string of the molecule is CC1=NN(CCCC(=O)O)C(=O)/C1=N\Nc1cccc(CCc2cccc3ccccc23)c1O. The number of carboxylic acids is 1. The minimum absolute atomic E-state index is 0.0392. The van der Waals surface area contributed by atoms with Gasteiger partial charge in [-0.05, 0) is 54.2 Å². The number of carbonyl (C=O) groups is 2. The first kappa shape index (κ1) is 23.0. The standard InChI is InChI=1S/C26H26N4O4/c1-17-24(26(34)30(29-17)16-6-13-23(31)32)28-27-22-12-5-10-20(25(22)33)15-14-19-9-4-8-18-7-2-3-11-21(18)19/h2-5,7-12,27,33H,6,13-16H2,1H3,(H,31,32)/b28-24-. The van der Waals surface area contributed by atoms with Gasteiger partial charge in [-0.3, -0.25) is 15.0 Å². The molecule has 34 heavy (non-hydrogen) atoms. The Morgan fingerprint density at radius 3 is 2.56 bits per heavy atom. The van der Waals surface area contributed by atoms with Gasteiger partial charge in [-0.2, -0.15) is 10.2 Å². The second kappa shape index (κ2) is 10.2. The van der Waals surface area contributed by atoms with Gasteiger partial charge in [0.15, 0.2) is 5.71 Å². The van der Waals surface area contributed by atoms with Crippen LogP contribution in [0.1, 0.15) is 30.9 Å². The topological polar surface area (TPSA) is 115 Å². The molecular weight excluding hydrogens is 432 g/mol. The fraction of sp³-hybridized carbons (Fsp3) is 0.231. The van der Waals surface area contributed by atoms with Crippen LogP contribution in [0.3, 0.4) is 0 Å². The minimum atomic E-state index is -0.918. The van der Waals surface area contributed by atoms with Gasteiger partial charge < -0.3 is 10.2 Å². The molecule has 0 atom stereocenters. The molecule has 3 aromatic rings. The van der Waals surface area contributed by atoms with Crippen molar-refractivity contribution in [3.8, 4) is 5.75 Å². The molecule has 8 nitrogen and oxygen atoms in total. The van der Waals surface area contributed by atoms with Crippen LogP contribution in [0.5, 0.6) is 5.75 Å². The van der Waals surface area contributed by atoms with E-state index in [4.69, 9.17) is 5.11 Å². The molecule has 4 rings (SSSR count). The van der Waals surface area contributed by atoms with Gasteiger partial charge in [0.1, 0.15) is 5.75 Å². The Kier molecular flexibility index (Phi) is 6.87. The van der Waals surface area contributed by atoms with Gasteiger partial charge in [0.25, 0.3) is 5.91 Å². The number of phenolic OH excluding ortho intramolecular Hbond substituents is 1. The fourth-order valence-electron chi connectivity index (χ4n) is 3.99. The van der Waals surface area contributed by atoms with Crippen molar-refractivity contribution in [2.75, 3.05) is 12.0 Å². The van der Waals surface area contributed by atoms with Crippen molar-refractivity contribution in [2.24, 2.45) is 10.2 Å². The predicted molar refractivity (Wildman–Crippen MR) is 132 cm³/mol. The highest BCUT2D eigenvalue weighted by molar-refractivity contribution is 6.68. The number of hydrogen-bond acceptors (Lipinski definition) is 6. The summed E-state index contributed by atoms with van der Waals surface area (Å²) in [5.74, 6) is -1.23. The monoisotopic (exact) mass is 458 g/mol. The lowest BCUT2D eigenvalue weighted by Gasteiger charge is -2.12. The summed E-state index contributed by atoms with van der Waals surface area (Å²) in [6.07, 6.45) is 1.67. The number of hydrogen-bond donors (Lipinski definition) is 3. The number of rotatable bonds is 9. The number of aryl methyl sites for hydroxylation is 2. The summed E-state index contributed by atoms with van der Waals surface area (Å²) in [5, 5.41) is 31.5. The van der Waals surface area contributed by atoms with Gasteiger partial charge in [-0.1, -0.05) is 54.6 Å². The zero-order chi connectivity index (χ0) is 24.1. The van der Waals surface area contributed by atoms with E-state index in [0.717, 1.165) is 12.0 Å². The molecule has 0 radical (unpaired) electrons. The van der Waals surface area contributed by atoms with Crippen molar-refractivity contribution < 1.29 is 19.8 Å². The molecule has 1 aliphatic heterocycles. The average molecular weight is 459 g/mol. The van der Waals surface area contributed by atoms with Gasteiger partial charge >= 0.3 is 5.97 Å². The van der Waals surface area contributed by atoms with Gasteiger partial charge in [0.2, 0.25) is 0 Å². The summed E-state index contributed by atoms with van der Waals surface area (Å²) in [6, 6.07) is 19.9. The number of amides is 1. The third-order valence-corrected chi connectivity index (χ3v) is 5.76. The molecule has 0 saturated carbocycles. The smallest absolute Gasteiger partial charge is 0.303 e. The maximum absolute atomic E-state index is 12.6. The van der Waals surface area contributed by atoms with Crippen LogP contribution in [0.15, 0.2) is 70.9 Å². The summed E-state index contributed by atoms with van der Waals surface area (Å²) in [6.45, 7) is 1.87. The van der Waals surface area contributed by atoms with Crippen molar-refractivity contribution >= 4 is 39.8 Å². The molecule has 0 spiro atoms. The van der Waals surface area contributed by atoms with Crippen molar-refractivity contribution in [3.63, 3.8) is 0 Å². The van der Waals surface area contributed by atoms with E-state index in [1.54, 1.807) is 13.0 Å². The number of phenols is 1. The van der Waals surface area contributed by atoms with Crippen LogP contribution < -0.4 is 5.43 Å². The summed E-state index contributed by atoms with van der Waals surface area (Å²) in [7, 11) is 0. The van der Waals surface area contributed by atoms with E-state index in [1.165, 1.54) is 21.3 Å². The molecule has 0 fully saturated rings. The lowest BCUT2D eigenvalue weighted by Crippen LogP contribution is -2.29. The quantitative estimate of drug-likeness (QED) is 0.329. The Bertz CT molecular complexity index is 1290. The van der Waals surface area contributed by atoms with E-state index < -0.39 is 11.9 Å². The molecule has 0 saturated heterocycles. The van der Waals surface area contributed by atoms with Crippen molar-refractivity contribution in [2.45, 2.75) is 32.6 Å². The molecule has 8 heteroatoms. The number of anilines is 1. The van der Waals surface area contributed by atoms with E-state index in [0.29, 0.717) is 24.2 Å². The number of carbonyl (C=O) groups excluding carboxylic acids is 1. The van der Waals surface area contributed by atoms with Crippen molar-refractivity contribution in [3.05, 3.63) is 71.8 Å². The second-order valence-corrected chi connectivity index (χ2v) is 8.13. The number of fused-ring (bicyclic) bond motifs is 1. The number of nitrogens with one attached hydrogen (secondary N) is 1. The Hall–Kier alpha value is -4.20. The number of hydrazone groups is 2. The molecule has 0 bridgehead atoms. The summed E-state index contributed by atoms with van der Waals surface area (Å²) in [5.41, 5.74) is 5.74. The molecule has 1 heterocycles. The van der Waals surface area contributed by atoms with Gasteiger partial charge in [-0.25, -0.2) is 5.01 Å². The number of para-hydroxylation sites is 1. The van der Waals surface area contributed by atoms with Gasteiger partial charge in [-0.15, -0.1) is 0 Å². The van der Waals surface area contributed by atoms with Gasteiger partial charge in [0, 0.05) is 13.0 Å². The Morgan fingerprint density at radius 2 is 1.74 bits per heavy atom. The first-order valence-corrected chi connectivity index (χ1v) is 11.1. The largest absolute Gasteiger partial charge is 0.505 e. The molecular formula is C26H26N4O4. The van der Waals surface area contributed by atoms with Crippen LogP contribution >= 0.6 is 0 Å². The molecule has 3 N–H and O–H groups in total. The summed E-state index contributed by atoms with van der Waals surface area (Å²) in [4.78, 5) is 23.3. The zero-order valence-corrected chi connectivity index (χ0v) is 18.9. The molecule has 0 unspecified atom stereocenters. The number of benzene rings is 3. The van der Waals surface area contributed by atoms with Crippen LogP contribution in [-0.4, -0.2) is 45.1 Å². The normalized spacial score (nSPS) is 14.6.